The topological polar surface area (TPSA) is 37.4 Å². The average molecular weight is 167 g/mol. The highest BCUT2D eigenvalue weighted by molar-refractivity contribution is 6.18. The molecule has 0 aliphatic carbocycles. The van der Waals surface area contributed by atoms with E-state index in [-0.39, 0.29) is 17.9 Å². The Bertz CT molecular complexity index is 252. The molecule has 0 unspecified atom stereocenters. The Morgan fingerprint density at radius 1 is 1.00 bits per heavy atom. The summed E-state index contributed by atoms with van der Waals surface area (Å²) >= 11 is 0. The van der Waals surface area contributed by atoms with Gasteiger partial charge in [0.1, 0.15) is 0 Å². The molecule has 0 saturated carbocycles. The number of nitrogens with zero attached hydrogens (tertiary/aromatic N) is 1. The quantitative estimate of drug-likeness (QED) is 0.548. The van der Waals surface area contributed by atoms with Gasteiger partial charge in [0, 0.05) is 17.2 Å². The van der Waals surface area contributed by atoms with E-state index in [0.29, 0.717) is 11.1 Å². The van der Waals surface area contributed by atoms with Gasteiger partial charge in [-0.15, -0.1) is 0 Å². The molecule has 0 N–H and O–H groups in total. The lowest BCUT2D eigenvalue weighted by atomic mass is 10.2. The Balaban J connectivity index is 3.04. The van der Waals surface area contributed by atoms with Gasteiger partial charge in [-0.05, 0) is 27.7 Å². The molecule has 3 nitrogen and oxygen atoms in total. The fourth-order valence-electron chi connectivity index (χ4n) is 1.24. The van der Waals surface area contributed by atoms with Crippen LogP contribution in [0.2, 0.25) is 0 Å². The van der Waals surface area contributed by atoms with Crippen LogP contribution >= 0.6 is 0 Å². The van der Waals surface area contributed by atoms with Crippen LogP contribution in [-0.4, -0.2) is 22.8 Å². The smallest absolute Gasteiger partial charge is 0.257 e. The first-order valence-electron chi connectivity index (χ1n) is 4.02. The largest absolute Gasteiger partial charge is 0.272 e. The Labute approximate surface area is 72.0 Å². The molecule has 0 aromatic rings. The van der Waals surface area contributed by atoms with Crippen LogP contribution < -0.4 is 0 Å². The van der Waals surface area contributed by atoms with Crippen LogP contribution in [0.5, 0.6) is 0 Å². The average Bonchev–Trinajstić information content (AvgIpc) is 2.16. The summed E-state index contributed by atoms with van der Waals surface area (Å²) in [5.41, 5.74) is 1.16. The maximum atomic E-state index is 11.4. The standard InChI is InChI=1S/C9H13NO2/c1-5(2)10-8(11)6(3)7(4)9(10)12/h5H,1-4H3. The van der Waals surface area contributed by atoms with Crippen LogP contribution in [0.1, 0.15) is 27.7 Å². The molecule has 0 atom stereocenters. The van der Waals surface area contributed by atoms with Crippen molar-refractivity contribution in [2.45, 2.75) is 33.7 Å². The molecule has 1 aliphatic heterocycles. The summed E-state index contributed by atoms with van der Waals surface area (Å²) < 4.78 is 0. The van der Waals surface area contributed by atoms with Crippen molar-refractivity contribution >= 4 is 11.8 Å². The van der Waals surface area contributed by atoms with E-state index in [2.05, 4.69) is 0 Å². The number of hydrogen-bond donors (Lipinski definition) is 0. The monoisotopic (exact) mass is 167 g/mol. The van der Waals surface area contributed by atoms with Crippen molar-refractivity contribution in [2.75, 3.05) is 0 Å². The summed E-state index contributed by atoms with van der Waals surface area (Å²) in [7, 11) is 0. The minimum Gasteiger partial charge on any atom is -0.272 e. The summed E-state index contributed by atoms with van der Waals surface area (Å²) in [6.45, 7) is 7.05. The second-order valence-electron chi connectivity index (χ2n) is 3.32. The molecule has 0 aromatic carbocycles. The first-order chi connectivity index (χ1) is 5.46. The SMILES string of the molecule is CC1=C(C)C(=O)N(C(C)C)C1=O. The minimum absolute atomic E-state index is 0.0441. The van der Waals surface area contributed by atoms with Gasteiger partial charge in [0.05, 0.1) is 0 Å². The molecule has 1 aliphatic rings. The van der Waals surface area contributed by atoms with Gasteiger partial charge in [-0.25, -0.2) is 0 Å². The third-order valence-corrected chi connectivity index (χ3v) is 2.16. The zero-order valence-electron chi connectivity index (χ0n) is 7.84. The second kappa shape index (κ2) is 2.73. The van der Waals surface area contributed by atoms with E-state index in [0.717, 1.165) is 0 Å². The molecule has 0 spiro atoms. The summed E-state index contributed by atoms with van der Waals surface area (Å²) in [6.07, 6.45) is 0. The van der Waals surface area contributed by atoms with E-state index in [1.807, 2.05) is 13.8 Å². The van der Waals surface area contributed by atoms with Gasteiger partial charge in [-0.2, -0.15) is 0 Å². The number of rotatable bonds is 1. The Morgan fingerprint density at radius 2 is 1.33 bits per heavy atom. The van der Waals surface area contributed by atoms with Crippen LogP contribution in [0.3, 0.4) is 0 Å². The maximum Gasteiger partial charge on any atom is 0.257 e. The molecule has 0 aromatic heterocycles. The van der Waals surface area contributed by atoms with E-state index >= 15 is 0 Å². The molecule has 3 heteroatoms. The zero-order chi connectivity index (χ0) is 9.46. The molecule has 1 rings (SSSR count). The lowest BCUT2D eigenvalue weighted by molar-refractivity contribution is -0.139. The molecule has 2 amide bonds. The first-order valence-corrected chi connectivity index (χ1v) is 4.02. The molecule has 12 heavy (non-hydrogen) atoms. The lowest BCUT2D eigenvalue weighted by Gasteiger charge is -2.18. The zero-order valence-corrected chi connectivity index (χ0v) is 7.84. The van der Waals surface area contributed by atoms with E-state index < -0.39 is 0 Å². The number of carbonyl (C=O) groups is 2. The van der Waals surface area contributed by atoms with E-state index in [4.69, 9.17) is 0 Å². The molecule has 0 saturated heterocycles. The van der Waals surface area contributed by atoms with Crippen LogP contribution in [0.25, 0.3) is 0 Å². The molecule has 0 radical (unpaired) electrons. The van der Waals surface area contributed by atoms with E-state index in [1.165, 1.54) is 4.90 Å². The van der Waals surface area contributed by atoms with E-state index in [9.17, 15) is 9.59 Å². The van der Waals surface area contributed by atoms with Crippen molar-refractivity contribution in [1.82, 2.24) is 4.90 Å². The highest BCUT2D eigenvalue weighted by Gasteiger charge is 2.34. The van der Waals surface area contributed by atoms with Crippen molar-refractivity contribution in [1.29, 1.82) is 0 Å². The first kappa shape index (κ1) is 8.97. The van der Waals surface area contributed by atoms with Crippen molar-refractivity contribution in [3.8, 4) is 0 Å². The predicted molar refractivity (Wildman–Crippen MR) is 45.4 cm³/mol. The lowest BCUT2D eigenvalue weighted by Crippen LogP contribution is -2.37. The molecule has 0 fully saturated rings. The van der Waals surface area contributed by atoms with Crippen LogP contribution in [0.15, 0.2) is 11.1 Å². The van der Waals surface area contributed by atoms with Crippen LogP contribution in [0.4, 0.5) is 0 Å². The fraction of sp³-hybridized carbons (Fsp3) is 0.556. The highest BCUT2D eigenvalue weighted by Crippen LogP contribution is 2.21. The van der Waals surface area contributed by atoms with Crippen molar-refractivity contribution in [3.63, 3.8) is 0 Å². The fourth-order valence-corrected chi connectivity index (χ4v) is 1.24. The number of hydrogen-bond acceptors (Lipinski definition) is 2. The maximum absolute atomic E-state index is 11.4. The van der Waals surface area contributed by atoms with Gasteiger partial charge in [0.15, 0.2) is 0 Å². The summed E-state index contributed by atoms with van der Waals surface area (Å²) in [5, 5.41) is 0. The summed E-state index contributed by atoms with van der Waals surface area (Å²) in [5.74, 6) is -0.292. The predicted octanol–water partition coefficient (Wildman–Crippen LogP) is 1.10. The number of carbonyl (C=O) groups excluding carboxylic acids is 2. The number of imide groups is 1. The third kappa shape index (κ3) is 1.05. The number of amides is 2. The van der Waals surface area contributed by atoms with Gasteiger partial charge >= 0.3 is 0 Å². The van der Waals surface area contributed by atoms with Gasteiger partial charge in [0.25, 0.3) is 11.8 Å². The van der Waals surface area contributed by atoms with Gasteiger partial charge < -0.3 is 0 Å². The normalized spacial score (nSPS) is 18.6. The van der Waals surface area contributed by atoms with Crippen molar-refractivity contribution in [3.05, 3.63) is 11.1 Å². The molecule has 1 heterocycles. The molecule has 0 bridgehead atoms. The minimum atomic E-state index is -0.146. The Morgan fingerprint density at radius 3 is 1.50 bits per heavy atom. The Kier molecular flexibility index (Phi) is 2.04. The van der Waals surface area contributed by atoms with Crippen LogP contribution in [-0.2, 0) is 9.59 Å². The third-order valence-electron chi connectivity index (χ3n) is 2.16. The molecule has 66 valence electrons. The van der Waals surface area contributed by atoms with Crippen LogP contribution in [0, 0.1) is 0 Å². The molecular formula is C9H13NO2. The van der Waals surface area contributed by atoms with Crippen molar-refractivity contribution in [2.24, 2.45) is 0 Å². The summed E-state index contributed by atoms with van der Waals surface area (Å²) in [6, 6.07) is -0.0441. The Hall–Kier alpha value is -1.12. The van der Waals surface area contributed by atoms with E-state index in [1.54, 1.807) is 13.8 Å². The second-order valence-corrected chi connectivity index (χ2v) is 3.32. The highest BCUT2D eigenvalue weighted by atomic mass is 16.2. The molecular weight excluding hydrogens is 154 g/mol. The van der Waals surface area contributed by atoms with Crippen molar-refractivity contribution < 1.29 is 9.59 Å². The van der Waals surface area contributed by atoms with Gasteiger partial charge in [-0.1, -0.05) is 0 Å². The van der Waals surface area contributed by atoms with Gasteiger partial charge in [-0.3, -0.25) is 14.5 Å². The summed E-state index contributed by atoms with van der Waals surface area (Å²) in [4.78, 5) is 24.1. The van der Waals surface area contributed by atoms with Gasteiger partial charge in [0.2, 0.25) is 0 Å².